The Kier molecular flexibility index (Phi) is 4.50. The van der Waals surface area contributed by atoms with Crippen LogP contribution in [0.3, 0.4) is 0 Å². The number of halogens is 2. The molecule has 1 aliphatic heterocycles. The molecule has 1 unspecified atom stereocenters. The molecule has 2 rings (SSSR count). The van der Waals surface area contributed by atoms with Crippen LogP contribution in [-0.2, 0) is 6.54 Å². The normalized spacial score (nSPS) is 20.2. The topological polar surface area (TPSA) is 12.0 Å². The average molecular weight is 260 g/mol. The van der Waals surface area contributed by atoms with Crippen molar-refractivity contribution in [2.24, 2.45) is 0 Å². The van der Waals surface area contributed by atoms with Crippen LogP contribution in [0.25, 0.3) is 0 Å². The molecule has 1 aliphatic rings. The number of rotatable bonds is 4. The SMILES string of the molecule is Fc1c(Cl)cccc1CNCC1CCCS1. The van der Waals surface area contributed by atoms with Crippen molar-refractivity contribution in [1.29, 1.82) is 0 Å². The Morgan fingerprint density at radius 3 is 3.12 bits per heavy atom. The van der Waals surface area contributed by atoms with Gasteiger partial charge in [-0.1, -0.05) is 23.7 Å². The average Bonchev–Trinajstić information content (AvgIpc) is 2.77. The monoisotopic (exact) mass is 259 g/mol. The fourth-order valence-electron chi connectivity index (χ4n) is 1.86. The molecule has 4 heteroatoms. The third-order valence-electron chi connectivity index (χ3n) is 2.74. The van der Waals surface area contributed by atoms with E-state index in [9.17, 15) is 4.39 Å². The maximum absolute atomic E-state index is 13.5. The molecule has 0 radical (unpaired) electrons. The first-order chi connectivity index (χ1) is 7.77. The summed E-state index contributed by atoms with van der Waals surface area (Å²) in [5, 5.41) is 4.19. The fourth-order valence-corrected chi connectivity index (χ4v) is 3.29. The largest absolute Gasteiger partial charge is 0.311 e. The maximum atomic E-state index is 13.5. The summed E-state index contributed by atoms with van der Waals surface area (Å²) in [6.07, 6.45) is 2.58. The van der Waals surface area contributed by atoms with Gasteiger partial charge in [-0.25, -0.2) is 4.39 Å². The summed E-state index contributed by atoms with van der Waals surface area (Å²) in [5.74, 6) is 0.966. The highest BCUT2D eigenvalue weighted by atomic mass is 35.5. The summed E-state index contributed by atoms with van der Waals surface area (Å²) >= 11 is 7.72. The molecule has 1 N–H and O–H groups in total. The van der Waals surface area contributed by atoms with Gasteiger partial charge in [0.05, 0.1) is 5.02 Å². The van der Waals surface area contributed by atoms with Gasteiger partial charge in [0.15, 0.2) is 0 Å². The van der Waals surface area contributed by atoms with Gasteiger partial charge < -0.3 is 5.32 Å². The van der Waals surface area contributed by atoms with Crippen LogP contribution in [0.5, 0.6) is 0 Å². The summed E-state index contributed by atoms with van der Waals surface area (Å²) in [6.45, 7) is 1.51. The van der Waals surface area contributed by atoms with Gasteiger partial charge in [0, 0.05) is 23.9 Å². The minimum absolute atomic E-state index is 0.203. The van der Waals surface area contributed by atoms with E-state index in [0.717, 1.165) is 6.54 Å². The van der Waals surface area contributed by atoms with Crippen molar-refractivity contribution < 1.29 is 4.39 Å². The van der Waals surface area contributed by atoms with Gasteiger partial charge in [-0.3, -0.25) is 0 Å². The summed E-state index contributed by atoms with van der Waals surface area (Å²) in [5.41, 5.74) is 0.649. The molecular formula is C12H15ClFNS. The van der Waals surface area contributed by atoms with Crippen molar-refractivity contribution in [3.63, 3.8) is 0 Å². The number of hydrogen-bond donors (Lipinski definition) is 1. The van der Waals surface area contributed by atoms with E-state index in [1.807, 2.05) is 11.8 Å². The molecule has 1 fully saturated rings. The molecule has 1 aromatic rings. The van der Waals surface area contributed by atoms with E-state index in [-0.39, 0.29) is 10.8 Å². The van der Waals surface area contributed by atoms with E-state index < -0.39 is 0 Å². The zero-order valence-electron chi connectivity index (χ0n) is 9.01. The predicted molar refractivity (Wildman–Crippen MR) is 68.6 cm³/mol. The lowest BCUT2D eigenvalue weighted by molar-refractivity contribution is 0.582. The first-order valence-corrected chi connectivity index (χ1v) is 6.95. The molecule has 16 heavy (non-hydrogen) atoms. The third kappa shape index (κ3) is 3.12. The Hall–Kier alpha value is -0.250. The highest BCUT2D eigenvalue weighted by molar-refractivity contribution is 8.00. The number of nitrogens with one attached hydrogen (secondary N) is 1. The van der Waals surface area contributed by atoms with Crippen LogP contribution in [0.15, 0.2) is 18.2 Å². The minimum Gasteiger partial charge on any atom is -0.311 e. The Morgan fingerprint density at radius 1 is 1.50 bits per heavy atom. The Morgan fingerprint density at radius 2 is 2.38 bits per heavy atom. The van der Waals surface area contributed by atoms with Crippen LogP contribution >= 0.6 is 23.4 Å². The molecule has 1 nitrogen and oxygen atoms in total. The van der Waals surface area contributed by atoms with Crippen molar-refractivity contribution in [1.82, 2.24) is 5.32 Å². The van der Waals surface area contributed by atoms with Crippen molar-refractivity contribution in [3.8, 4) is 0 Å². The minimum atomic E-state index is -0.296. The van der Waals surface area contributed by atoms with Crippen LogP contribution in [0, 0.1) is 5.82 Å². The van der Waals surface area contributed by atoms with E-state index >= 15 is 0 Å². The quantitative estimate of drug-likeness (QED) is 0.889. The highest BCUT2D eigenvalue weighted by Gasteiger charge is 2.15. The molecule has 0 aromatic heterocycles. The molecule has 1 atom stereocenters. The van der Waals surface area contributed by atoms with Gasteiger partial charge in [-0.05, 0) is 24.7 Å². The highest BCUT2D eigenvalue weighted by Crippen LogP contribution is 2.25. The van der Waals surface area contributed by atoms with E-state index in [1.54, 1.807) is 18.2 Å². The molecule has 88 valence electrons. The number of benzene rings is 1. The third-order valence-corrected chi connectivity index (χ3v) is 4.43. The van der Waals surface area contributed by atoms with Crippen LogP contribution in [0.1, 0.15) is 18.4 Å². The molecule has 0 aliphatic carbocycles. The predicted octanol–water partition coefficient (Wildman–Crippen LogP) is 3.46. The van der Waals surface area contributed by atoms with Crippen molar-refractivity contribution in [2.75, 3.05) is 12.3 Å². The van der Waals surface area contributed by atoms with E-state index in [1.165, 1.54) is 18.6 Å². The van der Waals surface area contributed by atoms with Gasteiger partial charge >= 0.3 is 0 Å². The Balaban J connectivity index is 1.82. The second-order valence-corrected chi connectivity index (χ2v) is 5.79. The Labute approximate surface area is 105 Å². The van der Waals surface area contributed by atoms with Crippen molar-refractivity contribution in [2.45, 2.75) is 24.6 Å². The van der Waals surface area contributed by atoms with Crippen LogP contribution in [-0.4, -0.2) is 17.5 Å². The van der Waals surface area contributed by atoms with E-state index in [2.05, 4.69) is 5.32 Å². The van der Waals surface area contributed by atoms with Gasteiger partial charge in [-0.2, -0.15) is 11.8 Å². The molecular weight excluding hydrogens is 245 g/mol. The molecule has 0 bridgehead atoms. The van der Waals surface area contributed by atoms with E-state index in [4.69, 9.17) is 11.6 Å². The summed E-state index contributed by atoms with van der Waals surface area (Å²) in [7, 11) is 0. The van der Waals surface area contributed by atoms with Crippen molar-refractivity contribution >= 4 is 23.4 Å². The molecule has 0 spiro atoms. The molecule has 0 amide bonds. The first-order valence-electron chi connectivity index (χ1n) is 5.52. The molecule has 1 saturated heterocycles. The Bertz CT molecular complexity index is 353. The van der Waals surface area contributed by atoms with Crippen LogP contribution in [0.4, 0.5) is 4.39 Å². The number of thioether (sulfide) groups is 1. The van der Waals surface area contributed by atoms with Crippen LogP contribution in [0.2, 0.25) is 5.02 Å². The second-order valence-electron chi connectivity index (χ2n) is 3.98. The summed E-state index contributed by atoms with van der Waals surface area (Å²) in [4.78, 5) is 0. The zero-order valence-corrected chi connectivity index (χ0v) is 10.6. The summed E-state index contributed by atoms with van der Waals surface area (Å²) < 4.78 is 13.5. The van der Waals surface area contributed by atoms with Crippen LogP contribution < -0.4 is 5.32 Å². The van der Waals surface area contributed by atoms with Gasteiger partial charge in [-0.15, -0.1) is 0 Å². The smallest absolute Gasteiger partial charge is 0.146 e. The summed E-state index contributed by atoms with van der Waals surface area (Å²) in [6, 6.07) is 5.13. The first kappa shape index (κ1) is 12.2. The van der Waals surface area contributed by atoms with Gasteiger partial charge in [0.25, 0.3) is 0 Å². The zero-order chi connectivity index (χ0) is 11.4. The van der Waals surface area contributed by atoms with E-state index in [0.29, 0.717) is 17.4 Å². The lowest BCUT2D eigenvalue weighted by Crippen LogP contribution is -2.23. The second kappa shape index (κ2) is 5.89. The number of hydrogen-bond acceptors (Lipinski definition) is 2. The van der Waals surface area contributed by atoms with Gasteiger partial charge in [0.1, 0.15) is 5.82 Å². The molecule has 1 aromatic carbocycles. The lowest BCUT2D eigenvalue weighted by Gasteiger charge is -2.10. The molecule has 1 heterocycles. The van der Waals surface area contributed by atoms with Crippen molar-refractivity contribution in [3.05, 3.63) is 34.6 Å². The maximum Gasteiger partial charge on any atom is 0.146 e. The van der Waals surface area contributed by atoms with Gasteiger partial charge in [0.2, 0.25) is 0 Å². The fraction of sp³-hybridized carbons (Fsp3) is 0.500. The standard InChI is InChI=1S/C12H15ClFNS/c13-11-5-1-3-9(12(11)14)7-15-8-10-4-2-6-16-10/h1,3,5,10,15H,2,4,6-8H2. The lowest BCUT2D eigenvalue weighted by atomic mass is 10.2. The molecule has 0 saturated carbocycles.